The second kappa shape index (κ2) is 48.2. The molecular weight excluding hydrogens is 1880 g/mol. The molecular formula is C106H124F4Ir2N4O4Si-4. The number of aliphatic hydroxyl groups excluding tert-OH is 2. The van der Waals surface area contributed by atoms with Crippen molar-refractivity contribution in [1.29, 1.82) is 0 Å². The molecule has 0 bridgehead atoms. The molecule has 15 heteroatoms. The van der Waals surface area contributed by atoms with E-state index in [0.717, 1.165) is 119 Å². The first-order valence-corrected chi connectivity index (χ1v) is 45.0. The van der Waals surface area contributed by atoms with Crippen molar-refractivity contribution in [2.24, 2.45) is 23.7 Å². The van der Waals surface area contributed by atoms with Gasteiger partial charge >= 0.3 is 0 Å². The number of hydrogen-bond donors (Lipinski definition) is 2. The van der Waals surface area contributed by atoms with Crippen LogP contribution in [-0.2, 0) is 49.8 Å². The quantitative estimate of drug-likeness (QED) is 0.0213. The van der Waals surface area contributed by atoms with Crippen molar-refractivity contribution >= 4 is 67.9 Å². The van der Waals surface area contributed by atoms with Gasteiger partial charge in [0, 0.05) is 122 Å². The average molecular weight is 2020 g/mol. The molecule has 8 aromatic carbocycles. The van der Waals surface area contributed by atoms with Gasteiger partial charge in [-0.25, -0.2) is 17.6 Å². The van der Waals surface area contributed by atoms with Gasteiger partial charge in [0.15, 0.2) is 11.6 Å². The van der Waals surface area contributed by atoms with Gasteiger partial charge < -0.3 is 30.1 Å². The third-order valence-electron chi connectivity index (χ3n) is 21.5. The molecule has 4 heterocycles. The van der Waals surface area contributed by atoms with Gasteiger partial charge in [0.1, 0.15) is 0 Å². The second-order valence-corrected chi connectivity index (χ2v) is 37.6. The van der Waals surface area contributed by atoms with Gasteiger partial charge in [0.05, 0.1) is 30.6 Å². The van der Waals surface area contributed by atoms with Crippen LogP contribution in [0.15, 0.2) is 194 Å². The van der Waals surface area contributed by atoms with E-state index in [1.165, 1.54) is 23.6 Å². The fourth-order valence-corrected chi connectivity index (χ4v) is 16.0. The summed E-state index contributed by atoms with van der Waals surface area (Å²) < 4.78 is 160. The number of aryl methyl sites for hydroxylation is 9. The van der Waals surface area contributed by atoms with Crippen LogP contribution in [0.1, 0.15) is 225 Å². The zero-order chi connectivity index (χ0) is 98.9. The molecule has 1 saturated carbocycles. The van der Waals surface area contributed by atoms with Gasteiger partial charge in [0.2, 0.25) is 12.9 Å². The second-order valence-electron chi connectivity index (χ2n) is 32.5. The van der Waals surface area contributed by atoms with Crippen molar-refractivity contribution < 1.29 is 96.8 Å². The molecule has 2 unspecified atom stereocenters. The molecule has 1 aliphatic rings. The normalized spacial score (nSPS) is 14.7. The van der Waals surface area contributed by atoms with Crippen LogP contribution in [0.2, 0.25) is 19.6 Å². The van der Waals surface area contributed by atoms with Crippen LogP contribution < -0.4 is 5.19 Å². The van der Waals surface area contributed by atoms with Crippen molar-refractivity contribution in [2.45, 2.75) is 239 Å². The molecule has 1 fully saturated rings. The summed E-state index contributed by atoms with van der Waals surface area (Å²) in [5, 5.41) is 26.9. The molecule has 0 saturated heterocycles. The van der Waals surface area contributed by atoms with Crippen LogP contribution in [-0.4, -0.2) is 62.6 Å². The van der Waals surface area contributed by atoms with E-state index >= 15 is 0 Å². The summed E-state index contributed by atoms with van der Waals surface area (Å²) in [6.07, 6.45) is 4.77. The molecule has 13 rings (SSSR count). The van der Waals surface area contributed by atoms with Crippen molar-refractivity contribution in [3.63, 3.8) is 0 Å². The van der Waals surface area contributed by atoms with E-state index in [0.29, 0.717) is 89.2 Å². The topological polar surface area (TPSA) is 126 Å². The van der Waals surface area contributed by atoms with Crippen LogP contribution in [0.25, 0.3) is 88.1 Å². The Bertz CT molecular complexity index is 6120. The summed E-state index contributed by atoms with van der Waals surface area (Å²) in [6.45, 7) is 31.3. The first kappa shape index (κ1) is 80.5. The van der Waals surface area contributed by atoms with Crippen LogP contribution in [0, 0.1) is 110 Å². The van der Waals surface area contributed by atoms with Crippen molar-refractivity contribution in [1.82, 2.24) is 19.9 Å². The van der Waals surface area contributed by atoms with Gasteiger partial charge in [-0.3, -0.25) is 9.59 Å². The predicted molar refractivity (Wildman–Crippen MR) is 493 cm³/mol. The van der Waals surface area contributed by atoms with E-state index in [2.05, 4.69) is 121 Å². The van der Waals surface area contributed by atoms with E-state index in [1.54, 1.807) is 39.0 Å². The maximum Gasteiger partial charge on any atom is 0.239 e. The van der Waals surface area contributed by atoms with E-state index in [-0.39, 0.29) is 135 Å². The van der Waals surface area contributed by atoms with Crippen LogP contribution in [0.3, 0.4) is 0 Å². The van der Waals surface area contributed by atoms with Crippen LogP contribution in [0.5, 0.6) is 0 Å². The van der Waals surface area contributed by atoms with E-state index in [1.807, 2.05) is 129 Å². The minimum atomic E-state index is -2.46. The predicted octanol–water partition coefficient (Wildman–Crippen LogP) is 29.1. The summed E-state index contributed by atoms with van der Waals surface area (Å²) in [5.41, 5.74) is 15.0. The van der Waals surface area contributed by atoms with Gasteiger partial charge in [-0.1, -0.05) is 227 Å². The summed E-state index contributed by atoms with van der Waals surface area (Å²) >= 11 is 0. The number of aromatic nitrogens is 4. The molecule has 121 heavy (non-hydrogen) atoms. The number of carbonyl (C=O) groups is 2. The number of nitrogens with zero attached hydrogens (tertiary/aromatic N) is 4. The number of hydrogen-bond acceptors (Lipinski definition) is 8. The SMILES string of the molecule is CCC(CC)C(=O)C=C(O)C(CC)CC(F)F.CCC(CC)C(=O)C=C(O)C(CC)CC(F)F.[2H]c1nc(-c2[c-]c(C([2H])([2H])[2H])cc(C)c2)c2ccc(C(C)C)cc2c1[2H].[2H]c1nc(-c2[c-]c(C)cc(C([2H])([2H])[2H])c2)c2ccc(C3CCCC3)cc2c1[2H].[2H]c1nc(-c2[c-]c(C)cc(C)c2)c2ccc(C)cc2c1[2H].[2H]c1nc(-c2[c-]c(C)cc(C)c2)c2ccc([Si](C)(C)C)cc2c1[2H].[Ir].[Ir]. The molecule has 1 aliphatic carbocycles. The molecule has 2 atom stereocenters. The molecule has 4 aromatic heterocycles. The molecule has 2 N–H and O–H groups in total. The number of ketones is 2. The molecule has 0 spiro atoms. The number of carbonyl (C=O) groups excluding carboxylic acids is 2. The van der Waals surface area contributed by atoms with Gasteiger partial charge in [0.25, 0.3) is 0 Å². The number of aliphatic hydroxyl groups is 2. The first-order chi connectivity index (χ1) is 62.3. The summed E-state index contributed by atoms with van der Waals surface area (Å²) in [4.78, 5) is 40.7. The number of benzene rings is 8. The molecule has 646 valence electrons. The maximum absolute atomic E-state index is 12.2. The largest absolute Gasteiger partial charge is 0.512 e. The Balaban J connectivity index is 0.000000251. The number of alkyl halides is 4. The molecule has 12 aromatic rings. The van der Waals surface area contributed by atoms with Crippen LogP contribution in [0.4, 0.5) is 17.6 Å². The minimum Gasteiger partial charge on any atom is -0.512 e. The number of rotatable bonds is 23. The maximum atomic E-state index is 12.2. The standard InChI is InChI=1S/C22H22N.C20H22NSi.C20H20N.C18H16N.2C13H22F2O2.2Ir/c1-15-11-16(2)13-20(12-15)22-21-8-7-18(17-5-3-4-6-17)14-19(21)9-10-23-22;1-14-10-15(2)12-17(11-14)20-19-7-6-18(22(3,4)5)13-16(19)8-9-21-20;1-13(2)16-5-6-19-17(12-16)7-8-21-20(19)18-10-14(3)9-15(4)11-18;1-12-4-5-17-15(9-12)6-7-19-18(17)16-10-13(2)8-14(3)11-16;2*1-4-9(5-2)11(16)8-12(17)10(6-3)7-13(14)15;;/h7-12,14,17H,3-6H2,1-2H3;6-11,13H,1-5H3;5-10,12-13H,1-4H3;4-10H,1-3H3;2*8-10,13,17H,4-7H2,1-3H3;;/q4*-1;;;;/i1D3,9D,10D;8D,9D;4D3,7D,8D;6D,7D;;;;. The molecule has 0 amide bonds. The number of allylic oxidation sites excluding steroid dienone is 4. The summed E-state index contributed by atoms with van der Waals surface area (Å²) in [7, 11) is -1.48. The summed E-state index contributed by atoms with van der Waals surface area (Å²) in [5.74, 6) is -1.40. The first-order valence-electron chi connectivity index (χ1n) is 48.5. The van der Waals surface area contributed by atoms with Crippen molar-refractivity contribution in [3.8, 4) is 45.0 Å². The average Bonchev–Trinajstić information content (AvgIpc) is 1.28. The van der Waals surface area contributed by atoms with Crippen LogP contribution >= 0.6 is 0 Å². The minimum absolute atomic E-state index is 0. The van der Waals surface area contributed by atoms with Crippen molar-refractivity contribution in [2.75, 3.05) is 0 Å². The number of halogens is 4. The van der Waals surface area contributed by atoms with E-state index in [9.17, 15) is 37.4 Å². The Morgan fingerprint density at radius 3 is 1.17 bits per heavy atom. The molecule has 2 radical (unpaired) electrons. The molecule has 0 aliphatic heterocycles. The zero-order valence-corrected chi connectivity index (χ0v) is 78.8. The Morgan fingerprint density at radius 1 is 0.446 bits per heavy atom. The van der Waals surface area contributed by atoms with Gasteiger partial charge in [-0.05, 0) is 171 Å². The Hall–Kier alpha value is -8.94. The number of pyridine rings is 4. The number of fused-ring (bicyclic) bond motifs is 4. The monoisotopic (exact) mass is 2020 g/mol. The van der Waals surface area contributed by atoms with E-state index in [4.69, 9.17) is 19.2 Å². The fourth-order valence-electron chi connectivity index (χ4n) is 14.8. The van der Waals surface area contributed by atoms with Gasteiger partial charge in [-0.15, -0.1) is 140 Å². The third kappa shape index (κ3) is 29.4. The Morgan fingerprint density at radius 2 is 0.793 bits per heavy atom. The smallest absolute Gasteiger partial charge is 0.239 e. The Labute approximate surface area is 766 Å². The molecule has 8 nitrogen and oxygen atoms in total. The van der Waals surface area contributed by atoms with Gasteiger partial charge in [-0.2, -0.15) is 0 Å². The third-order valence-corrected chi connectivity index (χ3v) is 23.6. The van der Waals surface area contributed by atoms with Crippen molar-refractivity contribution in [3.05, 3.63) is 279 Å². The summed E-state index contributed by atoms with van der Waals surface area (Å²) in [6, 6.07) is 52.3. The fraction of sp³-hybridized carbons (Fsp3) is 0.377. The zero-order valence-electron chi connectivity index (χ0n) is 87.0. The van der Waals surface area contributed by atoms with E-state index < -0.39 is 59.3 Å². The Kier molecular flexibility index (Phi) is 32.1.